The number of furan rings is 1. The van der Waals surface area contributed by atoms with Gasteiger partial charge in [-0.2, -0.15) is 0 Å². The van der Waals surface area contributed by atoms with Crippen molar-refractivity contribution < 1.29 is 9.15 Å². The molecule has 0 aliphatic carbocycles. The zero-order valence-electron chi connectivity index (χ0n) is 22.9. The number of ether oxygens (including phenoxy) is 1. The second-order valence-electron chi connectivity index (χ2n) is 10.7. The van der Waals surface area contributed by atoms with E-state index in [1.165, 1.54) is 0 Å². The third kappa shape index (κ3) is 4.64. The molecular formula is C37H28N2O2. The van der Waals surface area contributed by atoms with E-state index >= 15 is 0 Å². The van der Waals surface area contributed by atoms with Crippen LogP contribution in [0.25, 0.3) is 50.2 Å². The number of allylic oxidation sites excluding steroid dienone is 5. The van der Waals surface area contributed by atoms with Crippen LogP contribution in [0.5, 0.6) is 5.75 Å². The van der Waals surface area contributed by atoms with E-state index in [2.05, 4.69) is 62.4 Å². The van der Waals surface area contributed by atoms with Crippen molar-refractivity contribution in [2.45, 2.75) is 19.3 Å². The highest BCUT2D eigenvalue weighted by Gasteiger charge is 2.26. The molecule has 0 unspecified atom stereocenters. The van der Waals surface area contributed by atoms with Gasteiger partial charge in [-0.25, -0.2) is 9.97 Å². The monoisotopic (exact) mass is 532 g/mol. The summed E-state index contributed by atoms with van der Waals surface area (Å²) in [5.74, 6) is 1.42. The standard InChI is InChI=1S/C37H28N2O2/c1-37(2)22-21-26(16-11-23-40-35-30(37)20-19-29-28-17-9-10-18-33(28)41-34(29)35)32-24-31(25-12-5-3-6-13-25)38-36(39-32)27-14-7-4-8-15-27/h3-24H,1-2H3/b22-21+,23-11+,26-16+. The summed E-state index contributed by atoms with van der Waals surface area (Å²) in [6, 6.07) is 34.7. The van der Waals surface area contributed by atoms with Crippen LogP contribution in [0, 0.1) is 0 Å². The third-order valence-electron chi connectivity index (χ3n) is 7.54. The fourth-order valence-electron chi connectivity index (χ4n) is 5.32. The Morgan fingerprint density at radius 1 is 0.683 bits per heavy atom. The maximum Gasteiger partial charge on any atom is 0.178 e. The van der Waals surface area contributed by atoms with Crippen molar-refractivity contribution in [1.82, 2.24) is 9.97 Å². The van der Waals surface area contributed by atoms with Gasteiger partial charge in [0.05, 0.1) is 17.6 Å². The summed E-state index contributed by atoms with van der Waals surface area (Å²) >= 11 is 0. The van der Waals surface area contributed by atoms with Gasteiger partial charge in [0.25, 0.3) is 0 Å². The Morgan fingerprint density at radius 2 is 1.39 bits per heavy atom. The van der Waals surface area contributed by atoms with Gasteiger partial charge in [0.2, 0.25) is 0 Å². The zero-order chi connectivity index (χ0) is 27.8. The van der Waals surface area contributed by atoms with Gasteiger partial charge in [-0.05, 0) is 30.4 Å². The van der Waals surface area contributed by atoms with Crippen LogP contribution in [0.4, 0.5) is 0 Å². The Labute approximate surface area is 239 Å². The van der Waals surface area contributed by atoms with Gasteiger partial charge in [0, 0.05) is 38.5 Å². The highest BCUT2D eigenvalue weighted by molar-refractivity contribution is 6.07. The van der Waals surface area contributed by atoms with Crippen LogP contribution in [-0.2, 0) is 5.41 Å². The van der Waals surface area contributed by atoms with E-state index < -0.39 is 0 Å². The summed E-state index contributed by atoms with van der Waals surface area (Å²) in [5, 5.41) is 2.13. The van der Waals surface area contributed by atoms with Crippen LogP contribution in [0.15, 0.2) is 138 Å². The van der Waals surface area contributed by atoms with E-state index in [0.29, 0.717) is 5.82 Å². The number of para-hydroxylation sites is 1. The first kappa shape index (κ1) is 24.8. The lowest BCUT2D eigenvalue weighted by Crippen LogP contribution is -2.15. The first-order valence-corrected chi connectivity index (χ1v) is 13.7. The molecule has 7 rings (SSSR count). The van der Waals surface area contributed by atoms with Crippen LogP contribution in [0.3, 0.4) is 0 Å². The van der Waals surface area contributed by atoms with Crippen LogP contribution < -0.4 is 4.74 Å². The van der Waals surface area contributed by atoms with Crippen molar-refractivity contribution >= 4 is 27.5 Å². The number of benzene rings is 4. The van der Waals surface area contributed by atoms with Crippen LogP contribution in [0.1, 0.15) is 25.1 Å². The molecule has 3 heterocycles. The quantitative estimate of drug-likeness (QED) is 0.228. The molecule has 0 saturated carbocycles. The molecule has 41 heavy (non-hydrogen) atoms. The summed E-state index contributed by atoms with van der Waals surface area (Å²) in [5.41, 5.74) is 6.98. The molecule has 0 spiro atoms. The number of nitrogens with zero attached hydrogens (tertiary/aromatic N) is 2. The van der Waals surface area contributed by atoms with Crippen molar-refractivity contribution in [3.63, 3.8) is 0 Å². The van der Waals surface area contributed by atoms with Gasteiger partial charge in [0.1, 0.15) is 5.58 Å². The topological polar surface area (TPSA) is 48.2 Å². The first-order valence-electron chi connectivity index (χ1n) is 13.7. The van der Waals surface area contributed by atoms with E-state index in [4.69, 9.17) is 19.1 Å². The summed E-state index contributed by atoms with van der Waals surface area (Å²) in [6.07, 6.45) is 10.0. The van der Waals surface area contributed by atoms with Crippen molar-refractivity contribution in [1.29, 1.82) is 0 Å². The average Bonchev–Trinajstić information content (AvgIpc) is 3.40. The second kappa shape index (κ2) is 10.1. The molecule has 0 bridgehead atoms. The molecule has 1 aliphatic rings. The molecule has 1 aliphatic heterocycles. The Bertz CT molecular complexity index is 1920. The van der Waals surface area contributed by atoms with Crippen LogP contribution >= 0.6 is 0 Å². The lowest BCUT2D eigenvalue weighted by molar-refractivity contribution is 0.457. The summed E-state index contributed by atoms with van der Waals surface area (Å²) in [4.78, 5) is 9.95. The molecule has 4 nitrogen and oxygen atoms in total. The molecule has 0 saturated heterocycles. The van der Waals surface area contributed by atoms with Gasteiger partial charge >= 0.3 is 0 Å². The normalized spacial score (nSPS) is 17.3. The lowest BCUT2D eigenvalue weighted by Gasteiger charge is -2.24. The van der Waals surface area contributed by atoms with E-state index in [0.717, 1.165) is 61.3 Å². The van der Waals surface area contributed by atoms with E-state index in [1.54, 1.807) is 6.26 Å². The smallest absolute Gasteiger partial charge is 0.178 e. The molecule has 4 aromatic carbocycles. The molecule has 0 radical (unpaired) electrons. The number of rotatable bonds is 3. The van der Waals surface area contributed by atoms with Crippen LogP contribution in [0.2, 0.25) is 0 Å². The van der Waals surface area contributed by atoms with E-state index in [-0.39, 0.29) is 5.41 Å². The number of fused-ring (bicyclic) bond motifs is 5. The molecule has 2 aromatic heterocycles. The van der Waals surface area contributed by atoms with Crippen molar-refractivity contribution in [3.05, 3.63) is 145 Å². The summed E-state index contributed by atoms with van der Waals surface area (Å²) < 4.78 is 12.6. The Balaban J connectivity index is 1.35. The van der Waals surface area contributed by atoms with Gasteiger partial charge in [-0.3, -0.25) is 0 Å². The predicted molar refractivity (Wildman–Crippen MR) is 167 cm³/mol. The number of hydrogen-bond donors (Lipinski definition) is 0. The highest BCUT2D eigenvalue weighted by Crippen LogP contribution is 2.43. The van der Waals surface area contributed by atoms with Crippen molar-refractivity contribution in [2.75, 3.05) is 0 Å². The molecule has 0 amide bonds. The summed E-state index contributed by atoms with van der Waals surface area (Å²) in [7, 11) is 0. The maximum absolute atomic E-state index is 6.33. The molecule has 0 atom stereocenters. The number of hydrogen-bond acceptors (Lipinski definition) is 4. The molecule has 6 aromatic rings. The minimum absolute atomic E-state index is 0.357. The number of aromatic nitrogens is 2. The average molecular weight is 533 g/mol. The fraction of sp³-hybridized carbons (Fsp3) is 0.0811. The first-order chi connectivity index (χ1) is 20.1. The maximum atomic E-state index is 6.33. The molecule has 198 valence electrons. The fourth-order valence-corrected chi connectivity index (χ4v) is 5.32. The van der Waals surface area contributed by atoms with Crippen molar-refractivity contribution in [3.8, 4) is 28.4 Å². The van der Waals surface area contributed by atoms with Crippen molar-refractivity contribution in [2.24, 2.45) is 0 Å². The van der Waals surface area contributed by atoms with Gasteiger partial charge in [-0.1, -0.05) is 111 Å². The molecule has 0 fully saturated rings. The third-order valence-corrected chi connectivity index (χ3v) is 7.54. The lowest BCUT2D eigenvalue weighted by atomic mass is 9.82. The Morgan fingerprint density at radius 3 is 2.20 bits per heavy atom. The predicted octanol–water partition coefficient (Wildman–Crippen LogP) is 9.53. The SMILES string of the molecule is CC1(C)/C=C/C(c2cc(-c3ccccc3)nc(-c3ccccc3)n2)=C\C=C\Oc2c1ccc1c2oc2ccccc21. The minimum atomic E-state index is -0.357. The Kier molecular flexibility index (Phi) is 6.09. The van der Waals surface area contributed by atoms with Gasteiger partial charge < -0.3 is 9.15 Å². The van der Waals surface area contributed by atoms with Gasteiger partial charge in [-0.15, -0.1) is 0 Å². The summed E-state index contributed by atoms with van der Waals surface area (Å²) in [6.45, 7) is 4.38. The van der Waals surface area contributed by atoms with E-state index in [9.17, 15) is 0 Å². The van der Waals surface area contributed by atoms with Gasteiger partial charge in [0.15, 0.2) is 17.2 Å². The second-order valence-corrected chi connectivity index (χ2v) is 10.7. The molecular weight excluding hydrogens is 504 g/mol. The van der Waals surface area contributed by atoms with E-state index in [1.807, 2.05) is 78.9 Å². The highest BCUT2D eigenvalue weighted by atomic mass is 16.5. The molecule has 4 heteroatoms. The largest absolute Gasteiger partial charge is 0.461 e. The minimum Gasteiger partial charge on any atom is -0.461 e. The Hall–Kier alpha value is -5.22. The zero-order valence-corrected chi connectivity index (χ0v) is 22.9. The molecule has 0 N–H and O–H groups in total. The van der Waals surface area contributed by atoms with Crippen LogP contribution in [-0.4, -0.2) is 9.97 Å².